The van der Waals surface area contributed by atoms with E-state index in [9.17, 15) is 0 Å². The fourth-order valence-electron chi connectivity index (χ4n) is 1.73. The van der Waals surface area contributed by atoms with Crippen molar-refractivity contribution < 1.29 is 0 Å². The smallest absolute Gasteiger partial charge is 0.150 e. The van der Waals surface area contributed by atoms with E-state index >= 15 is 0 Å². The summed E-state index contributed by atoms with van der Waals surface area (Å²) in [6, 6.07) is 5.71. The molecule has 1 heterocycles. The Morgan fingerprint density at radius 3 is 2.93 bits per heavy atom. The second-order valence-electron chi connectivity index (χ2n) is 3.37. The first-order valence-corrected chi connectivity index (χ1v) is 4.67. The van der Waals surface area contributed by atoms with Crippen LogP contribution in [0.4, 0.5) is 5.82 Å². The predicted octanol–water partition coefficient (Wildman–Crippen LogP) is 2.10. The van der Waals surface area contributed by atoms with Crippen LogP contribution in [0.1, 0.15) is 30.5 Å². The molecule has 3 heteroatoms. The Hall–Kier alpha value is -1.82. The molecule has 2 N–H and O–H groups in total. The van der Waals surface area contributed by atoms with Gasteiger partial charge in [0.1, 0.15) is 17.6 Å². The normalized spacial score (nSPS) is 14.9. The maximum atomic E-state index is 8.91. The van der Waals surface area contributed by atoms with Crippen LogP contribution in [0.5, 0.6) is 0 Å². The largest absolute Gasteiger partial charge is 0.384 e. The first-order valence-electron chi connectivity index (χ1n) is 4.67. The minimum atomic E-state index is 0.406. The number of nitrogens with two attached hydrogens (primary N) is 1. The second-order valence-corrected chi connectivity index (χ2v) is 3.37. The maximum absolute atomic E-state index is 8.91. The standard InChI is InChI=1S/C11H11N3/c12-7-10-9(5-6-11(13)14-10)8-3-1-2-4-8/h3,5-6H,1-2,4H2,(H2,13,14). The predicted molar refractivity (Wildman–Crippen MR) is 55.2 cm³/mol. The highest BCUT2D eigenvalue weighted by Crippen LogP contribution is 2.29. The van der Waals surface area contributed by atoms with Crippen LogP contribution in [0.2, 0.25) is 0 Å². The molecule has 70 valence electrons. The molecule has 3 nitrogen and oxygen atoms in total. The van der Waals surface area contributed by atoms with Crippen molar-refractivity contribution >= 4 is 11.4 Å². The van der Waals surface area contributed by atoms with Gasteiger partial charge in [-0.1, -0.05) is 6.08 Å². The van der Waals surface area contributed by atoms with Crippen LogP contribution in [0.3, 0.4) is 0 Å². The molecule has 0 fully saturated rings. The van der Waals surface area contributed by atoms with Crippen molar-refractivity contribution in [1.82, 2.24) is 4.98 Å². The summed E-state index contributed by atoms with van der Waals surface area (Å²) in [4.78, 5) is 4.01. The van der Waals surface area contributed by atoms with Gasteiger partial charge in [0.2, 0.25) is 0 Å². The quantitative estimate of drug-likeness (QED) is 0.728. The molecule has 0 bridgehead atoms. The Balaban J connectivity index is 2.48. The van der Waals surface area contributed by atoms with E-state index in [0.29, 0.717) is 11.5 Å². The Kier molecular flexibility index (Phi) is 2.19. The molecule has 1 aromatic rings. The van der Waals surface area contributed by atoms with Gasteiger partial charge in [0.05, 0.1) is 0 Å². The molecule has 0 spiro atoms. The van der Waals surface area contributed by atoms with E-state index in [1.165, 1.54) is 12.0 Å². The van der Waals surface area contributed by atoms with Crippen LogP contribution in [0, 0.1) is 11.3 Å². The van der Waals surface area contributed by atoms with E-state index < -0.39 is 0 Å². The zero-order valence-corrected chi connectivity index (χ0v) is 7.83. The average Bonchev–Trinajstić information content (AvgIpc) is 2.70. The van der Waals surface area contributed by atoms with Crippen molar-refractivity contribution in [3.8, 4) is 6.07 Å². The van der Waals surface area contributed by atoms with Crippen LogP contribution in [-0.2, 0) is 0 Å². The molecule has 1 aliphatic carbocycles. The van der Waals surface area contributed by atoms with Crippen molar-refractivity contribution in [2.24, 2.45) is 0 Å². The summed E-state index contributed by atoms with van der Waals surface area (Å²) >= 11 is 0. The average molecular weight is 185 g/mol. The summed E-state index contributed by atoms with van der Waals surface area (Å²) in [6.07, 6.45) is 5.49. The number of aromatic nitrogens is 1. The fraction of sp³-hybridized carbons (Fsp3) is 0.273. The summed E-state index contributed by atoms with van der Waals surface area (Å²) in [7, 11) is 0. The minimum Gasteiger partial charge on any atom is -0.384 e. The SMILES string of the molecule is N#Cc1nc(N)ccc1C1=CCCC1. The van der Waals surface area contributed by atoms with E-state index in [2.05, 4.69) is 17.1 Å². The molecule has 0 atom stereocenters. The number of nitrogen functional groups attached to an aromatic ring is 1. The molecule has 2 rings (SSSR count). The number of hydrogen-bond donors (Lipinski definition) is 1. The third-order valence-corrected chi connectivity index (χ3v) is 2.41. The summed E-state index contributed by atoms with van der Waals surface area (Å²) in [5, 5.41) is 8.91. The third kappa shape index (κ3) is 1.47. The van der Waals surface area contributed by atoms with E-state index in [-0.39, 0.29) is 0 Å². The van der Waals surface area contributed by atoms with Crippen molar-refractivity contribution in [2.45, 2.75) is 19.3 Å². The van der Waals surface area contributed by atoms with Gasteiger partial charge in [-0.05, 0) is 37.0 Å². The Morgan fingerprint density at radius 2 is 2.29 bits per heavy atom. The maximum Gasteiger partial charge on any atom is 0.150 e. The van der Waals surface area contributed by atoms with E-state index in [4.69, 9.17) is 11.0 Å². The van der Waals surface area contributed by atoms with Gasteiger partial charge < -0.3 is 5.73 Å². The Labute approximate surface area is 82.9 Å². The number of pyridine rings is 1. The highest BCUT2D eigenvalue weighted by Gasteiger charge is 2.12. The number of nitrogens with zero attached hydrogens (tertiary/aromatic N) is 2. The molecule has 0 saturated carbocycles. The van der Waals surface area contributed by atoms with Gasteiger partial charge in [0.15, 0.2) is 0 Å². The Morgan fingerprint density at radius 1 is 1.43 bits per heavy atom. The summed E-state index contributed by atoms with van der Waals surface area (Å²) in [5.74, 6) is 0.406. The van der Waals surface area contributed by atoms with Gasteiger partial charge in [-0.2, -0.15) is 5.26 Å². The van der Waals surface area contributed by atoms with Crippen molar-refractivity contribution in [1.29, 1.82) is 5.26 Å². The second kappa shape index (κ2) is 3.51. The van der Waals surface area contributed by atoms with Gasteiger partial charge in [-0.25, -0.2) is 4.98 Å². The molecule has 0 aliphatic heterocycles. The molecule has 14 heavy (non-hydrogen) atoms. The van der Waals surface area contributed by atoms with Gasteiger partial charge >= 0.3 is 0 Å². The minimum absolute atomic E-state index is 0.406. The lowest BCUT2D eigenvalue weighted by Gasteiger charge is -2.04. The van der Waals surface area contributed by atoms with Crippen LogP contribution >= 0.6 is 0 Å². The van der Waals surface area contributed by atoms with Crippen LogP contribution in [0.25, 0.3) is 5.57 Å². The van der Waals surface area contributed by atoms with Crippen LogP contribution in [-0.4, -0.2) is 4.98 Å². The van der Waals surface area contributed by atoms with Gasteiger partial charge in [-0.15, -0.1) is 0 Å². The number of rotatable bonds is 1. The molecule has 1 aromatic heterocycles. The first-order chi connectivity index (χ1) is 6.81. The van der Waals surface area contributed by atoms with Gasteiger partial charge in [0.25, 0.3) is 0 Å². The van der Waals surface area contributed by atoms with Crippen LogP contribution in [0.15, 0.2) is 18.2 Å². The number of nitriles is 1. The Bertz CT molecular complexity index is 427. The molecule has 0 radical (unpaired) electrons. The van der Waals surface area contributed by atoms with Gasteiger partial charge in [-0.3, -0.25) is 0 Å². The van der Waals surface area contributed by atoms with E-state index in [1.807, 2.05) is 6.07 Å². The lowest BCUT2D eigenvalue weighted by atomic mass is 10.0. The summed E-state index contributed by atoms with van der Waals surface area (Å²) < 4.78 is 0. The lowest BCUT2D eigenvalue weighted by Crippen LogP contribution is -1.96. The molecule has 0 aromatic carbocycles. The number of allylic oxidation sites excluding steroid dienone is 2. The number of hydrogen-bond acceptors (Lipinski definition) is 3. The molecular formula is C11H11N3. The highest BCUT2D eigenvalue weighted by molar-refractivity contribution is 5.71. The highest BCUT2D eigenvalue weighted by atomic mass is 14.8. The zero-order valence-electron chi connectivity index (χ0n) is 7.83. The lowest BCUT2D eigenvalue weighted by molar-refractivity contribution is 0.934. The third-order valence-electron chi connectivity index (χ3n) is 2.41. The topological polar surface area (TPSA) is 62.7 Å². The summed E-state index contributed by atoms with van der Waals surface area (Å²) in [5.41, 5.74) is 8.14. The molecule has 0 saturated heterocycles. The van der Waals surface area contributed by atoms with Gasteiger partial charge in [0, 0.05) is 5.56 Å². The van der Waals surface area contributed by atoms with Crippen LogP contribution < -0.4 is 5.73 Å². The molecule has 0 amide bonds. The van der Waals surface area contributed by atoms with Crippen molar-refractivity contribution in [3.63, 3.8) is 0 Å². The molecule has 0 unspecified atom stereocenters. The first kappa shape index (κ1) is 8.76. The summed E-state index contributed by atoms with van der Waals surface area (Å²) in [6.45, 7) is 0. The molecular weight excluding hydrogens is 174 g/mol. The van der Waals surface area contributed by atoms with Crippen molar-refractivity contribution in [3.05, 3.63) is 29.5 Å². The monoisotopic (exact) mass is 185 g/mol. The number of anilines is 1. The van der Waals surface area contributed by atoms with E-state index in [0.717, 1.165) is 18.4 Å². The fourth-order valence-corrected chi connectivity index (χ4v) is 1.73. The van der Waals surface area contributed by atoms with Crippen molar-refractivity contribution in [2.75, 3.05) is 5.73 Å². The molecule has 1 aliphatic rings. The van der Waals surface area contributed by atoms with E-state index in [1.54, 1.807) is 6.07 Å². The zero-order chi connectivity index (χ0) is 9.97.